The Morgan fingerprint density at radius 1 is 1.60 bits per heavy atom. The largest absolute Gasteiger partial charge is 0.350 e. The lowest BCUT2D eigenvalue weighted by atomic mass is 10.2. The number of amides is 1. The van der Waals surface area contributed by atoms with Crippen molar-refractivity contribution >= 4 is 5.91 Å². The molecule has 4 heteroatoms. The molecule has 4 nitrogen and oxygen atoms in total. The summed E-state index contributed by atoms with van der Waals surface area (Å²) in [6.45, 7) is 5.17. The van der Waals surface area contributed by atoms with Crippen molar-refractivity contribution in [3.05, 3.63) is 29.6 Å². The number of pyridine rings is 1. The number of carbonyl (C=O) groups excluding carboxylic acids is 1. The summed E-state index contributed by atoms with van der Waals surface area (Å²) in [7, 11) is 0. The van der Waals surface area contributed by atoms with Crippen molar-refractivity contribution in [3.63, 3.8) is 0 Å². The molecule has 0 bridgehead atoms. The molecule has 1 rings (SSSR count). The third-order valence-corrected chi connectivity index (χ3v) is 1.96. The molecule has 0 unspecified atom stereocenters. The van der Waals surface area contributed by atoms with E-state index < -0.39 is 0 Å². The minimum absolute atomic E-state index is 0.140. The maximum atomic E-state index is 11.6. The highest BCUT2D eigenvalue weighted by atomic mass is 16.1. The van der Waals surface area contributed by atoms with Gasteiger partial charge in [0.15, 0.2) is 0 Å². The molecule has 0 saturated carbocycles. The first-order valence-corrected chi connectivity index (χ1v) is 5.06. The molecule has 0 aromatic carbocycles. The summed E-state index contributed by atoms with van der Waals surface area (Å²) in [5, 5.41) is 2.81. The zero-order valence-electron chi connectivity index (χ0n) is 9.16. The number of aromatic nitrogens is 1. The van der Waals surface area contributed by atoms with Gasteiger partial charge in [-0.15, -0.1) is 0 Å². The first kappa shape index (κ1) is 11.7. The van der Waals surface area contributed by atoms with E-state index in [4.69, 9.17) is 5.73 Å². The fourth-order valence-corrected chi connectivity index (χ4v) is 1.11. The minimum Gasteiger partial charge on any atom is -0.350 e. The van der Waals surface area contributed by atoms with Crippen molar-refractivity contribution in [1.29, 1.82) is 0 Å². The van der Waals surface area contributed by atoms with Crippen LogP contribution in [0.2, 0.25) is 0 Å². The predicted molar refractivity (Wildman–Crippen MR) is 59.3 cm³/mol. The average molecular weight is 207 g/mol. The monoisotopic (exact) mass is 207 g/mol. The average Bonchev–Trinajstić information content (AvgIpc) is 2.26. The van der Waals surface area contributed by atoms with Gasteiger partial charge in [0.05, 0.1) is 0 Å². The first-order valence-electron chi connectivity index (χ1n) is 5.06. The summed E-state index contributed by atoms with van der Waals surface area (Å²) in [5.74, 6) is 0.297. The Morgan fingerprint density at radius 3 is 2.93 bits per heavy atom. The van der Waals surface area contributed by atoms with Crippen LogP contribution in [-0.2, 0) is 6.54 Å². The maximum absolute atomic E-state index is 11.6. The first-order chi connectivity index (χ1) is 7.13. The van der Waals surface area contributed by atoms with E-state index in [1.54, 1.807) is 18.3 Å². The van der Waals surface area contributed by atoms with Crippen molar-refractivity contribution in [2.45, 2.75) is 20.4 Å². The topological polar surface area (TPSA) is 68.0 Å². The molecule has 0 aliphatic heterocycles. The zero-order valence-corrected chi connectivity index (χ0v) is 9.16. The highest BCUT2D eigenvalue weighted by molar-refractivity contribution is 5.92. The zero-order chi connectivity index (χ0) is 11.3. The van der Waals surface area contributed by atoms with E-state index in [0.29, 0.717) is 24.7 Å². The summed E-state index contributed by atoms with van der Waals surface area (Å²) in [6, 6.07) is 3.52. The van der Waals surface area contributed by atoms with E-state index in [9.17, 15) is 4.79 Å². The number of nitrogens with two attached hydrogens (primary N) is 1. The predicted octanol–water partition coefficient (Wildman–Crippen LogP) is 0.926. The molecule has 0 saturated heterocycles. The molecule has 1 aromatic rings. The fourth-order valence-electron chi connectivity index (χ4n) is 1.11. The quantitative estimate of drug-likeness (QED) is 0.771. The summed E-state index contributed by atoms with van der Waals surface area (Å²) < 4.78 is 0. The lowest BCUT2D eigenvalue weighted by Crippen LogP contribution is -2.28. The van der Waals surface area contributed by atoms with Crippen LogP contribution in [0.5, 0.6) is 0 Å². The van der Waals surface area contributed by atoms with E-state index >= 15 is 0 Å². The van der Waals surface area contributed by atoms with Crippen LogP contribution < -0.4 is 11.1 Å². The van der Waals surface area contributed by atoms with E-state index in [1.807, 2.05) is 13.8 Å². The number of rotatable bonds is 4. The summed E-state index contributed by atoms with van der Waals surface area (Å²) >= 11 is 0. The SMILES string of the molecule is CC(C)CNC(=O)c1cc(CN)ccn1. The normalized spacial score (nSPS) is 10.4. The standard InChI is InChI=1S/C11H17N3O/c1-8(2)7-14-11(15)10-5-9(6-12)3-4-13-10/h3-5,8H,6-7,12H2,1-2H3,(H,14,15). The van der Waals surface area contributed by atoms with Crippen molar-refractivity contribution < 1.29 is 4.79 Å². The van der Waals surface area contributed by atoms with Gasteiger partial charge in [-0.1, -0.05) is 13.8 Å². The molecule has 15 heavy (non-hydrogen) atoms. The van der Waals surface area contributed by atoms with Crippen LogP contribution in [0.1, 0.15) is 29.9 Å². The molecule has 3 N–H and O–H groups in total. The Bertz CT molecular complexity index is 336. The van der Waals surface area contributed by atoms with E-state index in [2.05, 4.69) is 10.3 Å². The third kappa shape index (κ3) is 3.67. The molecule has 1 aromatic heterocycles. The second-order valence-electron chi connectivity index (χ2n) is 3.86. The lowest BCUT2D eigenvalue weighted by molar-refractivity contribution is 0.0944. The van der Waals surface area contributed by atoms with E-state index in [-0.39, 0.29) is 5.91 Å². The molecule has 0 atom stereocenters. The summed E-state index contributed by atoms with van der Waals surface area (Å²) in [5.41, 5.74) is 6.83. The number of hydrogen-bond acceptors (Lipinski definition) is 3. The van der Waals surface area contributed by atoms with Gasteiger partial charge in [0.2, 0.25) is 0 Å². The van der Waals surface area contributed by atoms with Gasteiger partial charge in [-0.2, -0.15) is 0 Å². The second kappa shape index (κ2) is 5.46. The van der Waals surface area contributed by atoms with E-state index in [1.165, 1.54) is 0 Å². The number of carbonyl (C=O) groups is 1. The molecule has 0 fully saturated rings. The smallest absolute Gasteiger partial charge is 0.269 e. The van der Waals surface area contributed by atoms with Gasteiger partial charge in [0.1, 0.15) is 5.69 Å². The number of hydrogen-bond donors (Lipinski definition) is 2. The number of nitrogens with zero attached hydrogens (tertiary/aromatic N) is 1. The van der Waals surface area contributed by atoms with Gasteiger partial charge in [-0.25, -0.2) is 0 Å². The minimum atomic E-state index is -0.140. The molecular weight excluding hydrogens is 190 g/mol. The highest BCUT2D eigenvalue weighted by Crippen LogP contribution is 2.01. The molecule has 0 aliphatic rings. The maximum Gasteiger partial charge on any atom is 0.269 e. The van der Waals surface area contributed by atoms with Crippen LogP contribution in [-0.4, -0.2) is 17.4 Å². The Balaban J connectivity index is 2.65. The van der Waals surface area contributed by atoms with Gasteiger partial charge in [-0.3, -0.25) is 9.78 Å². The van der Waals surface area contributed by atoms with Gasteiger partial charge >= 0.3 is 0 Å². The van der Waals surface area contributed by atoms with Gasteiger partial charge < -0.3 is 11.1 Å². The second-order valence-corrected chi connectivity index (χ2v) is 3.86. The van der Waals surface area contributed by atoms with Crippen molar-refractivity contribution in [2.24, 2.45) is 11.7 Å². The van der Waals surface area contributed by atoms with Crippen LogP contribution in [0.4, 0.5) is 0 Å². The molecule has 1 heterocycles. The highest BCUT2D eigenvalue weighted by Gasteiger charge is 2.07. The molecule has 1 amide bonds. The van der Waals surface area contributed by atoms with Crippen molar-refractivity contribution in [2.75, 3.05) is 6.54 Å². The van der Waals surface area contributed by atoms with Crippen LogP contribution >= 0.6 is 0 Å². The molecular formula is C11H17N3O. The van der Waals surface area contributed by atoms with Gasteiger partial charge in [-0.05, 0) is 23.6 Å². The van der Waals surface area contributed by atoms with Gasteiger partial charge in [0, 0.05) is 19.3 Å². The Kier molecular flexibility index (Phi) is 4.24. The van der Waals surface area contributed by atoms with E-state index in [0.717, 1.165) is 5.56 Å². The summed E-state index contributed by atoms with van der Waals surface area (Å²) in [4.78, 5) is 15.6. The molecule has 0 radical (unpaired) electrons. The molecule has 82 valence electrons. The third-order valence-electron chi connectivity index (χ3n) is 1.96. The Morgan fingerprint density at radius 2 is 2.33 bits per heavy atom. The lowest BCUT2D eigenvalue weighted by Gasteiger charge is -2.07. The molecule has 0 aliphatic carbocycles. The van der Waals surface area contributed by atoms with Crippen LogP contribution in [0.3, 0.4) is 0 Å². The van der Waals surface area contributed by atoms with Crippen LogP contribution in [0.15, 0.2) is 18.3 Å². The Hall–Kier alpha value is -1.42. The van der Waals surface area contributed by atoms with Crippen LogP contribution in [0, 0.1) is 5.92 Å². The van der Waals surface area contributed by atoms with Crippen LogP contribution in [0.25, 0.3) is 0 Å². The summed E-state index contributed by atoms with van der Waals surface area (Å²) in [6.07, 6.45) is 1.60. The Labute approximate surface area is 89.9 Å². The molecule has 0 spiro atoms. The van der Waals surface area contributed by atoms with Crippen molar-refractivity contribution in [1.82, 2.24) is 10.3 Å². The fraction of sp³-hybridized carbons (Fsp3) is 0.455. The van der Waals surface area contributed by atoms with Gasteiger partial charge in [0.25, 0.3) is 5.91 Å². The van der Waals surface area contributed by atoms with Crippen molar-refractivity contribution in [3.8, 4) is 0 Å². The number of nitrogens with one attached hydrogen (secondary N) is 1.